The topological polar surface area (TPSA) is 70.7 Å². The molecule has 3 heterocycles. The van der Waals surface area contributed by atoms with Gasteiger partial charge in [0.2, 0.25) is 5.91 Å². The molecule has 0 fully saturated rings. The summed E-state index contributed by atoms with van der Waals surface area (Å²) in [6, 6.07) is 17.8. The molecule has 0 saturated carbocycles. The molecule has 0 radical (unpaired) electrons. The molecule has 0 unspecified atom stereocenters. The summed E-state index contributed by atoms with van der Waals surface area (Å²) in [4.78, 5) is 23.5. The molecule has 4 aromatic rings. The highest BCUT2D eigenvalue weighted by molar-refractivity contribution is 6.01. The van der Waals surface area contributed by atoms with Gasteiger partial charge in [0.1, 0.15) is 5.82 Å². The van der Waals surface area contributed by atoms with Crippen LogP contribution >= 0.6 is 0 Å². The summed E-state index contributed by atoms with van der Waals surface area (Å²) in [5.41, 5.74) is 5.90. The van der Waals surface area contributed by atoms with Crippen LogP contribution in [0.4, 0.5) is 5.82 Å². The van der Waals surface area contributed by atoms with Crippen LogP contribution in [0.25, 0.3) is 33.4 Å². The van der Waals surface area contributed by atoms with Crippen molar-refractivity contribution in [2.75, 3.05) is 5.32 Å². The highest BCUT2D eigenvalue weighted by Gasteiger charge is 2.16. The predicted molar refractivity (Wildman–Crippen MR) is 99.1 cm³/mol. The van der Waals surface area contributed by atoms with E-state index in [1.165, 1.54) is 6.92 Å². The number of aromatic nitrogens is 3. The number of hydrogen-bond donors (Lipinski definition) is 2. The van der Waals surface area contributed by atoms with Crippen molar-refractivity contribution in [1.29, 1.82) is 0 Å². The zero-order chi connectivity index (χ0) is 17.2. The third kappa shape index (κ3) is 2.87. The number of aromatic amines is 1. The average molecular weight is 328 g/mol. The van der Waals surface area contributed by atoms with Crippen LogP contribution in [0.1, 0.15) is 6.92 Å². The van der Waals surface area contributed by atoms with Crippen molar-refractivity contribution in [2.24, 2.45) is 0 Å². The van der Waals surface area contributed by atoms with E-state index in [9.17, 15) is 4.79 Å². The quantitative estimate of drug-likeness (QED) is 0.590. The average Bonchev–Trinajstić information content (AvgIpc) is 3.02. The van der Waals surface area contributed by atoms with Crippen molar-refractivity contribution >= 4 is 22.8 Å². The molecule has 0 aliphatic heterocycles. The van der Waals surface area contributed by atoms with E-state index in [-0.39, 0.29) is 5.91 Å². The van der Waals surface area contributed by atoms with Crippen LogP contribution in [-0.2, 0) is 4.79 Å². The van der Waals surface area contributed by atoms with Gasteiger partial charge in [-0.3, -0.25) is 9.78 Å². The molecule has 0 spiro atoms. The van der Waals surface area contributed by atoms with Crippen LogP contribution in [0.3, 0.4) is 0 Å². The van der Waals surface area contributed by atoms with E-state index in [1.807, 2.05) is 42.5 Å². The summed E-state index contributed by atoms with van der Waals surface area (Å²) >= 11 is 0. The number of nitrogens with zero attached hydrogens (tertiary/aromatic N) is 2. The first-order valence-corrected chi connectivity index (χ1v) is 7.98. The van der Waals surface area contributed by atoms with E-state index in [1.54, 1.807) is 12.4 Å². The Morgan fingerprint density at radius 2 is 1.80 bits per heavy atom. The van der Waals surface area contributed by atoms with Gasteiger partial charge >= 0.3 is 0 Å². The number of carbonyl (C=O) groups excluding carboxylic acids is 1. The van der Waals surface area contributed by atoms with Gasteiger partial charge in [-0.05, 0) is 29.8 Å². The highest BCUT2D eigenvalue weighted by Crippen LogP contribution is 2.37. The second-order valence-electron chi connectivity index (χ2n) is 5.75. The van der Waals surface area contributed by atoms with Crippen molar-refractivity contribution < 1.29 is 4.79 Å². The standard InChI is InChI=1S/C20H16N4O/c1-13(25)23-17-12-15(9-11-21-17)19-18(14-6-3-2-4-7-14)20-16(24-19)8-5-10-22-20/h2-12,24H,1H3,(H,21,23,25). The fourth-order valence-corrected chi connectivity index (χ4v) is 2.96. The van der Waals surface area contributed by atoms with Gasteiger partial charge in [-0.1, -0.05) is 30.3 Å². The fourth-order valence-electron chi connectivity index (χ4n) is 2.96. The Labute approximate surface area is 144 Å². The Bertz CT molecular complexity index is 1050. The minimum absolute atomic E-state index is 0.147. The first-order chi connectivity index (χ1) is 12.2. The maximum Gasteiger partial charge on any atom is 0.222 e. The SMILES string of the molecule is CC(=O)Nc1cc(-c2[nH]c3cccnc3c2-c2ccccc2)ccn1. The maximum atomic E-state index is 11.3. The summed E-state index contributed by atoms with van der Waals surface area (Å²) in [6.45, 7) is 1.47. The van der Waals surface area contributed by atoms with Gasteiger partial charge in [0, 0.05) is 30.4 Å². The summed E-state index contributed by atoms with van der Waals surface area (Å²) in [7, 11) is 0. The molecular weight excluding hydrogens is 312 g/mol. The lowest BCUT2D eigenvalue weighted by molar-refractivity contribution is -0.114. The molecule has 0 aliphatic carbocycles. The predicted octanol–water partition coefficient (Wildman–Crippen LogP) is 4.25. The lowest BCUT2D eigenvalue weighted by Crippen LogP contribution is -2.07. The first-order valence-electron chi connectivity index (χ1n) is 7.98. The Hall–Kier alpha value is -3.47. The molecule has 0 saturated heterocycles. The minimum atomic E-state index is -0.147. The van der Waals surface area contributed by atoms with Gasteiger partial charge < -0.3 is 10.3 Å². The third-order valence-corrected chi connectivity index (χ3v) is 3.97. The Kier molecular flexibility index (Phi) is 3.74. The Morgan fingerprint density at radius 1 is 0.960 bits per heavy atom. The van der Waals surface area contributed by atoms with Gasteiger partial charge in [-0.25, -0.2) is 4.98 Å². The van der Waals surface area contributed by atoms with Crippen molar-refractivity contribution in [1.82, 2.24) is 15.0 Å². The summed E-state index contributed by atoms with van der Waals surface area (Å²) < 4.78 is 0. The van der Waals surface area contributed by atoms with Crippen molar-refractivity contribution in [2.45, 2.75) is 6.92 Å². The number of pyridine rings is 2. The Morgan fingerprint density at radius 3 is 2.60 bits per heavy atom. The fraction of sp³-hybridized carbons (Fsp3) is 0.0500. The van der Waals surface area contributed by atoms with E-state index in [0.29, 0.717) is 5.82 Å². The number of nitrogens with one attached hydrogen (secondary N) is 2. The molecule has 25 heavy (non-hydrogen) atoms. The normalized spacial score (nSPS) is 10.8. The number of carbonyl (C=O) groups is 1. The summed E-state index contributed by atoms with van der Waals surface area (Å²) in [5, 5.41) is 2.73. The molecule has 1 aromatic carbocycles. The summed E-state index contributed by atoms with van der Waals surface area (Å²) in [5.74, 6) is 0.377. The van der Waals surface area contributed by atoms with Gasteiger partial charge in [-0.2, -0.15) is 0 Å². The molecule has 5 nitrogen and oxygen atoms in total. The first kappa shape index (κ1) is 15.1. The van der Waals surface area contributed by atoms with Gasteiger partial charge in [-0.15, -0.1) is 0 Å². The second kappa shape index (κ2) is 6.20. The summed E-state index contributed by atoms with van der Waals surface area (Å²) in [6.07, 6.45) is 3.48. The van der Waals surface area contributed by atoms with E-state index in [4.69, 9.17) is 0 Å². The minimum Gasteiger partial charge on any atom is -0.353 e. The number of anilines is 1. The van der Waals surface area contributed by atoms with Crippen molar-refractivity contribution in [3.8, 4) is 22.4 Å². The van der Waals surface area contributed by atoms with E-state index >= 15 is 0 Å². The maximum absolute atomic E-state index is 11.3. The third-order valence-electron chi connectivity index (χ3n) is 3.97. The molecule has 3 aromatic heterocycles. The van der Waals surface area contributed by atoms with Gasteiger partial charge in [0.25, 0.3) is 0 Å². The van der Waals surface area contributed by atoms with Gasteiger partial charge in [0.05, 0.1) is 16.7 Å². The number of hydrogen-bond acceptors (Lipinski definition) is 3. The number of fused-ring (bicyclic) bond motifs is 1. The molecular formula is C20H16N4O. The molecule has 0 atom stereocenters. The largest absolute Gasteiger partial charge is 0.353 e. The molecule has 2 N–H and O–H groups in total. The molecule has 4 rings (SSSR count). The van der Waals surface area contributed by atoms with Crippen LogP contribution in [-0.4, -0.2) is 20.9 Å². The smallest absolute Gasteiger partial charge is 0.222 e. The van der Waals surface area contributed by atoms with E-state index in [2.05, 4.69) is 32.4 Å². The van der Waals surface area contributed by atoms with E-state index in [0.717, 1.165) is 33.4 Å². The van der Waals surface area contributed by atoms with Crippen molar-refractivity contribution in [3.63, 3.8) is 0 Å². The number of rotatable bonds is 3. The molecule has 0 aliphatic rings. The zero-order valence-electron chi connectivity index (χ0n) is 13.7. The highest BCUT2D eigenvalue weighted by atomic mass is 16.1. The number of benzene rings is 1. The molecule has 1 amide bonds. The lowest BCUT2D eigenvalue weighted by atomic mass is 10.0. The molecule has 5 heteroatoms. The van der Waals surface area contributed by atoms with Crippen molar-refractivity contribution in [3.05, 3.63) is 67.0 Å². The second-order valence-corrected chi connectivity index (χ2v) is 5.75. The Balaban J connectivity index is 1.95. The zero-order valence-corrected chi connectivity index (χ0v) is 13.7. The molecule has 0 bridgehead atoms. The number of H-pyrrole nitrogens is 1. The molecule has 122 valence electrons. The van der Waals surface area contributed by atoms with Gasteiger partial charge in [0.15, 0.2) is 0 Å². The monoisotopic (exact) mass is 328 g/mol. The van der Waals surface area contributed by atoms with Crippen LogP contribution in [0.2, 0.25) is 0 Å². The van der Waals surface area contributed by atoms with Crippen LogP contribution in [0.5, 0.6) is 0 Å². The van der Waals surface area contributed by atoms with Crippen LogP contribution in [0, 0.1) is 0 Å². The lowest BCUT2D eigenvalue weighted by Gasteiger charge is -2.07. The van der Waals surface area contributed by atoms with Crippen LogP contribution < -0.4 is 5.32 Å². The number of amides is 1. The van der Waals surface area contributed by atoms with E-state index < -0.39 is 0 Å². The van der Waals surface area contributed by atoms with Crippen LogP contribution in [0.15, 0.2) is 67.0 Å².